The van der Waals surface area contributed by atoms with E-state index in [1.165, 1.54) is 5.57 Å². The Hall–Kier alpha value is -1.90. The molecule has 2 unspecified atom stereocenters. The average Bonchev–Trinajstić information content (AvgIpc) is 2.62. The Morgan fingerprint density at radius 3 is 2.35 bits per heavy atom. The van der Waals surface area contributed by atoms with E-state index >= 15 is 0 Å². The highest BCUT2D eigenvalue weighted by Gasteiger charge is 2.04. The largest absolute Gasteiger partial charge is 0.393 e. The molecule has 0 aliphatic rings. The Kier molecular flexibility index (Phi) is 15.4. The summed E-state index contributed by atoms with van der Waals surface area (Å²) < 4.78 is 0. The summed E-state index contributed by atoms with van der Waals surface area (Å²) in [6.07, 6.45) is 24.6. The topological polar surface area (TPSA) is 40.5 Å². The van der Waals surface area contributed by atoms with Crippen LogP contribution in [0.15, 0.2) is 84.6 Å². The fraction of sp³-hybridized carbons (Fsp3) is 0.417. The van der Waals surface area contributed by atoms with Gasteiger partial charge in [0, 0.05) is 0 Å². The van der Waals surface area contributed by atoms with Gasteiger partial charge in [0.05, 0.1) is 12.2 Å². The van der Waals surface area contributed by atoms with Crippen molar-refractivity contribution in [1.82, 2.24) is 0 Å². The SMILES string of the molecule is C=C/C=C(\C)CCC(O)C/C=C\C=C(/C)C(O)CC/C=C/C=C\C=C/C. The van der Waals surface area contributed by atoms with Crippen LogP contribution in [-0.4, -0.2) is 22.4 Å². The maximum atomic E-state index is 10.1. The number of allylic oxidation sites excluding steroid dienone is 11. The van der Waals surface area contributed by atoms with E-state index in [9.17, 15) is 10.2 Å². The van der Waals surface area contributed by atoms with Gasteiger partial charge in [-0.25, -0.2) is 0 Å². The van der Waals surface area contributed by atoms with Gasteiger partial charge in [-0.3, -0.25) is 0 Å². The summed E-state index contributed by atoms with van der Waals surface area (Å²) >= 11 is 0. The lowest BCUT2D eigenvalue weighted by atomic mass is 10.0. The first-order chi connectivity index (χ1) is 12.5. The Labute approximate surface area is 160 Å². The molecule has 0 aliphatic heterocycles. The van der Waals surface area contributed by atoms with Crippen LogP contribution in [0.5, 0.6) is 0 Å². The smallest absolute Gasteiger partial charge is 0.0753 e. The van der Waals surface area contributed by atoms with Crippen molar-refractivity contribution in [2.45, 2.75) is 65.1 Å². The summed E-state index contributed by atoms with van der Waals surface area (Å²) in [6.45, 7) is 9.64. The molecule has 2 nitrogen and oxygen atoms in total. The third-order valence-electron chi connectivity index (χ3n) is 3.97. The standard InChI is InChI=1S/C24H36O2/c1-5-7-8-9-10-11-12-18-24(26)22(4)16-13-14-17-23(25)20-19-21(3)15-6-2/h5-11,13-16,23-26H,2,12,17-20H2,1,3-4H3/b7-5-,9-8-,11-10+,14-13-,21-15+,22-16+. The van der Waals surface area contributed by atoms with E-state index in [4.69, 9.17) is 0 Å². The molecule has 0 saturated heterocycles. The molecule has 0 amide bonds. The molecule has 2 heteroatoms. The first-order valence-electron chi connectivity index (χ1n) is 9.43. The van der Waals surface area contributed by atoms with Gasteiger partial charge in [-0.15, -0.1) is 0 Å². The van der Waals surface area contributed by atoms with Gasteiger partial charge in [-0.2, -0.15) is 0 Å². The first kappa shape index (κ1) is 24.1. The van der Waals surface area contributed by atoms with E-state index < -0.39 is 6.10 Å². The normalized spacial score (nSPS) is 16.3. The molecule has 144 valence electrons. The zero-order chi connectivity index (χ0) is 19.6. The highest BCUT2D eigenvalue weighted by Crippen LogP contribution is 2.11. The lowest BCUT2D eigenvalue weighted by Crippen LogP contribution is -2.07. The first-order valence-corrected chi connectivity index (χ1v) is 9.43. The number of hydrogen-bond donors (Lipinski definition) is 2. The number of aliphatic hydroxyl groups excluding tert-OH is 2. The molecule has 0 rings (SSSR count). The van der Waals surface area contributed by atoms with Crippen LogP contribution in [0.2, 0.25) is 0 Å². The predicted molar refractivity (Wildman–Crippen MR) is 115 cm³/mol. The van der Waals surface area contributed by atoms with Gasteiger partial charge in [0.1, 0.15) is 0 Å². The summed E-state index contributed by atoms with van der Waals surface area (Å²) in [5.74, 6) is 0. The fourth-order valence-electron chi connectivity index (χ4n) is 2.26. The maximum absolute atomic E-state index is 10.1. The lowest BCUT2D eigenvalue weighted by Gasteiger charge is -2.09. The third kappa shape index (κ3) is 14.4. The van der Waals surface area contributed by atoms with Gasteiger partial charge >= 0.3 is 0 Å². The van der Waals surface area contributed by atoms with Gasteiger partial charge in [0.25, 0.3) is 0 Å². The maximum Gasteiger partial charge on any atom is 0.0753 e. The molecule has 0 aromatic carbocycles. The van der Waals surface area contributed by atoms with E-state index in [0.29, 0.717) is 12.8 Å². The molecule has 0 radical (unpaired) electrons. The molecule has 0 heterocycles. The molecular weight excluding hydrogens is 320 g/mol. The van der Waals surface area contributed by atoms with Gasteiger partial charge in [-0.1, -0.05) is 79.0 Å². The van der Waals surface area contributed by atoms with Crippen molar-refractivity contribution in [3.8, 4) is 0 Å². The van der Waals surface area contributed by atoms with E-state index in [0.717, 1.165) is 24.8 Å². The quantitative estimate of drug-likeness (QED) is 0.398. The van der Waals surface area contributed by atoms with Crippen LogP contribution in [0, 0.1) is 0 Å². The third-order valence-corrected chi connectivity index (χ3v) is 3.97. The monoisotopic (exact) mass is 356 g/mol. The number of hydrogen-bond acceptors (Lipinski definition) is 2. The van der Waals surface area contributed by atoms with Crippen molar-refractivity contribution in [3.05, 3.63) is 84.6 Å². The molecule has 0 bridgehead atoms. The Morgan fingerprint density at radius 1 is 0.923 bits per heavy atom. The van der Waals surface area contributed by atoms with Crippen molar-refractivity contribution >= 4 is 0 Å². The predicted octanol–water partition coefficient (Wildman–Crippen LogP) is 5.98. The molecule has 0 spiro atoms. The number of aliphatic hydroxyl groups is 2. The molecule has 26 heavy (non-hydrogen) atoms. The van der Waals surface area contributed by atoms with Crippen LogP contribution in [0.4, 0.5) is 0 Å². The fourth-order valence-corrected chi connectivity index (χ4v) is 2.26. The Balaban J connectivity index is 4.11. The zero-order valence-corrected chi connectivity index (χ0v) is 16.6. The molecule has 0 aromatic rings. The number of rotatable bonds is 13. The van der Waals surface area contributed by atoms with Gasteiger partial charge in [-0.05, 0) is 58.4 Å². The van der Waals surface area contributed by atoms with Crippen LogP contribution in [0.25, 0.3) is 0 Å². The second-order valence-corrected chi connectivity index (χ2v) is 6.45. The van der Waals surface area contributed by atoms with Gasteiger partial charge < -0.3 is 10.2 Å². The molecule has 2 N–H and O–H groups in total. The van der Waals surface area contributed by atoms with Crippen molar-refractivity contribution in [2.24, 2.45) is 0 Å². The highest BCUT2D eigenvalue weighted by molar-refractivity contribution is 5.15. The minimum atomic E-state index is -0.430. The minimum Gasteiger partial charge on any atom is -0.393 e. The molecular formula is C24H36O2. The summed E-state index contributed by atoms with van der Waals surface area (Å²) in [6, 6.07) is 0. The van der Waals surface area contributed by atoms with Crippen LogP contribution in [0.1, 0.15) is 52.9 Å². The van der Waals surface area contributed by atoms with E-state index in [1.54, 1.807) is 6.08 Å². The molecule has 0 saturated carbocycles. The van der Waals surface area contributed by atoms with Crippen LogP contribution in [-0.2, 0) is 0 Å². The zero-order valence-electron chi connectivity index (χ0n) is 16.6. The average molecular weight is 357 g/mol. The van der Waals surface area contributed by atoms with E-state index in [-0.39, 0.29) is 6.10 Å². The Morgan fingerprint density at radius 2 is 1.65 bits per heavy atom. The van der Waals surface area contributed by atoms with Crippen molar-refractivity contribution < 1.29 is 10.2 Å². The summed E-state index contributed by atoms with van der Waals surface area (Å²) in [5.41, 5.74) is 2.17. The van der Waals surface area contributed by atoms with E-state index in [1.807, 2.05) is 75.5 Å². The van der Waals surface area contributed by atoms with Crippen LogP contribution < -0.4 is 0 Å². The molecule has 2 atom stereocenters. The van der Waals surface area contributed by atoms with Gasteiger partial charge in [0.2, 0.25) is 0 Å². The highest BCUT2D eigenvalue weighted by atomic mass is 16.3. The summed E-state index contributed by atoms with van der Waals surface area (Å²) in [4.78, 5) is 0. The summed E-state index contributed by atoms with van der Waals surface area (Å²) in [7, 11) is 0. The van der Waals surface area contributed by atoms with Crippen LogP contribution in [0.3, 0.4) is 0 Å². The Bertz CT molecular complexity index is 545. The molecule has 0 fully saturated rings. The van der Waals surface area contributed by atoms with Crippen LogP contribution >= 0.6 is 0 Å². The van der Waals surface area contributed by atoms with Crippen molar-refractivity contribution in [2.75, 3.05) is 0 Å². The summed E-state index contributed by atoms with van der Waals surface area (Å²) in [5, 5.41) is 20.1. The second kappa shape index (κ2) is 16.6. The van der Waals surface area contributed by atoms with Crippen molar-refractivity contribution in [1.29, 1.82) is 0 Å². The molecule has 0 aromatic heterocycles. The van der Waals surface area contributed by atoms with Crippen molar-refractivity contribution in [3.63, 3.8) is 0 Å². The second-order valence-electron chi connectivity index (χ2n) is 6.45. The minimum absolute atomic E-state index is 0.334. The molecule has 0 aliphatic carbocycles. The lowest BCUT2D eigenvalue weighted by molar-refractivity contribution is 0.168. The van der Waals surface area contributed by atoms with E-state index in [2.05, 4.69) is 12.7 Å². The van der Waals surface area contributed by atoms with Gasteiger partial charge in [0.15, 0.2) is 0 Å².